The van der Waals surface area contributed by atoms with Crippen LogP contribution in [0.15, 0.2) is 35.4 Å². The second-order valence-electron chi connectivity index (χ2n) is 5.10. The van der Waals surface area contributed by atoms with Gasteiger partial charge in [0.15, 0.2) is 0 Å². The molecule has 3 amide bonds. The third-order valence-electron chi connectivity index (χ3n) is 3.42. The highest BCUT2D eigenvalue weighted by Gasteiger charge is 2.35. The number of benzene rings is 1. The van der Waals surface area contributed by atoms with E-state index in [-0.39, 0.29) is 18.5 Å². The topological polar surface area (TPSA) is 53.0 Å². The molecule has 0 unspecified atom stereocenters. The van der Waals surface area contributed by atoms with Crippen molar-refractivity contribution in [2.45, 2.75) is 32.6 Å². The molecule has 2 rings (SSSR count). The molecule has 5 nitrogen and oxygen atoms in total. The molecule has 1 aromatic carbocycles. The summed E-state index contributed by atoms with van der Waals surface area (Å²) in [6, 6.07) is 9.20. The molecule has 5 heteroatoms. The average Bonchev–Trinajstić information content (AvgIpc) is 2.77. The number of amides is 3. The zero-order chi connectivity index (χ0) is 15.1. The Balaban J connectivity index is 1.90. The molecule has 0 atom stereocenters. The van der Waals surface area contributed by atoms with Crippen LogP contribution in [-0.4, -0.2) is 41.2 Å². The van der Waals surface area contributed by atoms with Crippen LogP contribution in [0.4, 0.5) is 4.79 Å². The van der Waals surface area contributed by atoms with Crippen molar-refractivity contribution in [3.8, 4) is 0 Å². The summed E-state index contributed by atoms with van der Waals surface area (Å²) in [6.45, 7) is 2.66. The van der Waals surface area contributed by atoms with E-state index in [9.17, 15) is 9.59 Å². The molecule has 1 aliphatic heterocycles. The summed E-state index contributed by atoms with van der Waals surface area (Å²) in [5.41, 5.74) is 0.902. The quantitative estimate of drug-likeness (QED) is 0.440. The van der Waals surface area contributed by atoms with E-state index in [0.29, 0.717) is 6.54 Å². The van der Waals surface area contributed by atoms with Gasteiger partial charge in [0.1, 0.15) is 6.54 Å². The molecule has 0 N–H and O–H groups in total. The molecular formula is C16H21N3O2. The van der Waals surface area contributed by atoms with Gasteiger partial charge in [0.05, 0.1) is 6.21 Å². The molecule has 1 aliphatic rings. The number of hydrazone groups is 1. The van der Waals surface area contributed by atoms with Gasteiger partial charge in [-0.15, -0.1) is 0 Å². The van der Waals surface area contributed by atoms with Gasteiger partial charge >= 0.3 is 6.03 Å². The van der Waals surface area contributed by atoms with Gasteiger partial charge in [0.25, 0.3) is 5.91 Å². The molecule has 0 aliphatic carbocycles. The number of carbonyl (C=O) groups is 2. The number of unbranched alkanes of at least 4 members (excludes halogenated alkanes) is 3. The first-order valence-corrected chi connectivity index (χ1v) is 7.43. The summed E-state index contributed by atoms with van der Waals surface area (Å²) < 4.78 is 0. The predicted molar refractivity (Wildman–Crippen MR) is 82.0 cm³/mol. The summed E-state index contributed by atoms with van der Waals surface area (Å²) in [4.78, 5) is 25.3. The van der Waals surface area contributed by atoms with Crippen molar-refractivity contribution >= 4 is 18.2 Å². The standard InChI is InChI=1S/C16H21N3O2/c1-2-3-4-8-11-18-15(20)13-19(16(18)21)17-12-14-9-6-5-7-10-14/h5-7,9-10,12H,2-4,8,11,13H2,1H3/b17-12+. The van der Waals surface area contributed by atoms with Gasteiger partial charge in [-0.3, -0.25) is 9.69 Å². The lowest BCUT2D eigenvalue weighted by molar-refractivity contribution is -0.125. The van der Waals surface area contributed by atoms with Gasteiger partial charge in [-0.05, 0) is 12.0 Å². The zero-order valence-electron chi connectivity index (χ0n) is 12.4. The molecule has 1 heterocycles. The van der Waals surface area contributed by atoms with E-state index in [1.807, 2.05) is 30.3 Å². The monoisotopic (exact) mass is 287 g/mol. The Morgan fingerprint density at radius 3 is 2.62 bits per heavy atom. The third kappa shape index (κ3) is 4.15. The fourth-order valence-corrected chi connectivity index (χ4v) is 2.21. The van der Waals surface area contributed by atoms with E-state index in [4.69, 9.17) is 0 Å². The first-order valence-electron chi connectivity index (χ1n) is 7.43. The van der Waals surface area contributed by atoms with E-state index in [1.54, 1.807) is 6.21 Å². The highest BCUT2D eigenvalue weighted by molar-refractivity contribution is 6.02. The second kappa shape index (κ2) is 7.57. The van der Waals surface area contributed by atoms with Crippen LogP contribution in [0.1, 0.15) is 38.2 Å². The molecule has 0 spiro atoms. The van der Waals surface area contributed by atoms with Gasteiger partial charge in [-0.1, -0.05) is 56.5 Å². The van der Waals surface area contributed by atoms with Crippen molar-refractivity contribution in [1.82, 2.24) is 9.91 Å². The second-order valence-corrected chi connectivity index (χ2v) is 5.10. The van der Waals surface area contributed by atoms with E-state index in [1.165, 1.54) is 9.91 Å². The molecule has 1 aromatic rings. The Hall–Kier alpha value is -2.17. The lowest BCUT2D eigenvalue weighted by atomic mass is 10.2. The minimum atomic E-state index is -0.316. The summed E-state index contributed by atoms with van der Waals surface area (Å²) in [7, 11) is 0. The third-order valence-corrected chi connectivity index (χ3v) is 3.42. The molecule has 1 fully saturated rings. The number of imide groups is 1. The Kier molecular flexibility index (Phi) is 5.49. The van der Waals surface area contributed by atoms with Crippen LogP contribution >= 0.6 is 0 Å². The van der Waals surface area contributed by atoms with Gasteiger partial charge in [0, 0.05) is 6.54 Å². The summed E-state index contributed by atoms with van der Waals surface area (Å²) in [6.07, 6.45) is 5.77. The maximum absolute atomic E-state index is 12.1. The van der Waals surface area contributed by atoms with Crippen LogP contribution in [0, 0.1) is 0 Å². The van der Waals surface area contributed by atoms with Gasteiger partial charge in [-0.2, -0.15) is 5.10 Å². The number of urea groups is 1. The van der Waals surface area contributed by atoms with Crippen molar-refractivity contribution in [2.75, 3.05) is 13.1 Å². The molecule has 21 heavy (non-hydrogen) atoms. The smallest absolute Gasteiger partial charge is 0.272 e. The fourth-order valence-electron chi connectivity index (χ4n) is 2.21. The minimum Gasteiger partial charge on any atom is -0.272 e. The molecule has 0 saturated carbocycles. The highest BCUT2D eigenvalue weighted by atomic mass is 16.2. The highest BCUT2D eigenvalue weighted by Crippen LogP contribution is 2.12. The number of hydrogen-bond acceptors (Lipinski definition) is 3. The van der Waals surface area contributed by atoms with Crippen molar-refractivity contribution < 1.29 is 9.59 Å². The van der Waals surface area contributed by atoms with E-state index < -0.39 is 0 Å². The van der Waals surface area contributed by atoms with Crippen LogP contribution in [0.3, 0.4) is 0 Å². The first kappa shape index (κ1) is 15.2. The summed E-state index contributed by atoms with van der Waals surface area (Å²) in [5.74, 6) is -0.165. The van der Waals surface area contributed by atoms with E-state index in [2.05, 4.69) is 12.0 Å². The van der Waals surface area contributed by atoms with Crippen LogP contribution in [0.5, 0.6) is 0 Å². The van der Waals surface area contributed by atoms with Crippen molar-refractivity contribution in [3.63, 3.8) is 0 Å². The minimum absolute atomic E-state index is 0.0376. The van der Waals surface area contributed by atoms with Gasteiger partial charge in [0.2, 0.25) is 0 Å². The Morgan fingerprint density at radius 1 is 1.14 bits per heavy atom. The van der Waals surface area contributed by atoms with Gasteiger partial charge < -0.3 is 0 Å². The van der Waals surface area contributed by atoms with Crippen molar-refractivity contribution in [3.05, 3.63) is 35.9 Å². The van der Waals surface area contributed by atoms with Crippen LogP contribution < -0.4 is 0 Å². The first-order chi connectivity index (χ1) is 10.2. The average molecular weight is 287 g/mol. The molecular weight excluding hydrogens is 266 g/mol. The Bertz CT molecular complexity index is 514. The number of nitrogens with zero attached hydrogens (tertiary/aromatic N) is 3. The van der Waals surface area contributed by atoms with Crippen LogP contribution in [-0.2, 0) is 4.79 Å². The summed E-state index contributed by atoms with van der Waals surface area (Å²) in [5, 5.41) is 5.35. The SMILES string of the molecule is CCCCCCN1C(=O)CN(/N=C/c2ccccc2)C1=O. The lowest BCUT2D eigenvalue weighted by Gasteiger charge is -2.13. The van der Waals surface area contributed by atoms with E-state index in [0.717, 1.165) is 31.2 Å². The van der Waals surface area contributed by atoms with Crippen molar-refractivity contribution in [1.29, 1.82) is 0 Å². The fraction of sp³-hybridized carbons (Fsp3) is 0.438. The van der Waals surface area contributed by atoms with Crippen LogP contribution in [0.25, 0.3) is 0 Å². The molecule has 1 saturated heterocycles. The zero-order valence-corrected chi connectivity index (χ0v) is 12.4. The van der Waals surface area contributed by atoms with Crippen molar-refractivity contribution in [2.24, 2.45) is 5.10 Å². The lowest BCUT2D eigenvalue weighted by Crippen LogP contribution is -2.32. The Morgan fingerprint density at radius 2 is 1.90 bits per heavy atom. The number of hydrogen-bond donors (Lipinski definition) is 0. The van der Waals surface area contributed by atoms with Gasteiger partial charge in [-0.25, -0.2) is 9.80 Å². The largest absolute Gasteiger partial charge is 0.347 e. The Labute approximate surface area is 125 Å². The number of rotatable bonds is 7. The molecule has 0 radical (unpaired) electrons. The predicted octanol–water partition coefficient (Wildman–Crippen LogP) is 2.87. The maximum atomic E-state index is 12.1. The summed E-state index contributed by atoms with van der Waals surface area (Å²) >= 11 is 0. The molecule has 0 bridgehead atoms. The maximum Gasteiger partial charge on any atom is 0.347 e. The molecule has 0 aromatic heterocycles. The number of carbonyl (C=O) groups excluding carboxylic acids is 2. The molecule has 112 valence electrons. The van der Waals surface area contributed by atoms with E-state index >= 15 is 0 Å². The van der Waals surface area contributed by atoms with Crippen LogP contribution in [0.2, 0.25) is 0 Å². The normalized spacial score (nSPS) is 15.5.